The van der Waals surface area contributed by atoms with Crippen LogP contribution in [0.15, 0.2) is 94.7 Å². The molecule has 0 aliphatic carbocycles. The van der Waals surface area contributed by atoms with Crippen molar-refractivity contribution in [1.82, 2.24) is 0 Å². The molecule has 4 heteroatoms. The fourth-order valence-electron chi connectivity index (χ4n) is 8.40. The van der Waals surface area contributed by atoms with Crippen LogP contribution in [0.1, 0.15) is 134 Å². The molecular formula is C48H62O2S2. The highest BCUT2D eigenvalue weighted by molar-refractivity contribution is 7.99. The molecule has 0 amide bonds. The number of hydrogen-bond acceptors (Lipinski definition) is 4. The molecule has 0 saturated carbocycles. The number of carbonyl (C=O) groups excluding carboxylic acids is 1. The van der Waals surface area contributed by atoms with Crippen molar-refractivity contribution in [2.75, 3.05) is 18.1 Å². The lowest BCUT2D eigenvalue weighted by Crippen LogP contribution is -2.36. The Morgan fingerprint density at radius 3 is 1.40 bits per heavy atom. The van der Waals surface area contributed by atoms with Gasteiger partial charge in [-0.3, -0.25) is 0 Å². The number of aliphatic hydroxyl groups excluding tert-OH is 1. The van der Waals surface area contributed by atoms with Crippen molar-refractivity contribution >= 4 is 29.8 Å². The Labute approximate surface area is 324 Å². The molecule has 278 valence electrons. The number of carbonyl (C=O) groups is 1. The van der Waals surface area contributed by atoms with E-state index in [0.717, 1.165) is 43.5 Å². The number of aliphatic hydroxyl groups is 1. The Morgan fingerprint density at radius 1 is 0.577 bits per heavy atom. The average molecular weight is 735 g/mol. The predicted molar refractivity (Wildman–Crippen MR) is 226 cm³/mol. The molecule has 2 aliphatic rings. The summed E-state index contributed by atoms with van der Waals surface area (Å²) in [6.45, 7) is 13.9. The van der Waals surface area contributed by atoms with Crippen LogP contribution < -0.4 is 0 Å². The third-order valence-electron chi connectivity index (χ3n) is 11.8. The summed E-state index contributed by atoms with van der Waals surface area (Å²) in [5.74, 6) is 3.38. The van der Waals surface area contributed by atoms with Gasteiger partial charge >= 0.3 is 0 Å². The van der Waals surface area contributed by atoms with E-state index in [0.29, 0.717) is 24.9 Å². The molecule has 0 spiro atoms. The molecule has 2 nitrogen and oxygen atoms in total. The van der Waals surface area contributed by atoms with Crippen molar-refractivity contribution in [2.24, 2.45) is 0 Å². The normalized spacial score (nSPS) is 22.1. The zero-order chi connectivity index (χ0) is 37.1. The largest absolute Gasteiger partial charge is 0.396 e. The molecule has 6 rings (SSSR count). The third-order valence-corrected chi connectivity index (χ3v) is 14.6. The van der Waals surface area contributed by atoms with Gasteiger partial charge in [0.25, 0.3) is 0 Å². The Morgan fingerprint density at radius 2 is 0.981 bits per heavy atom. The molecule has 0 saturated heterocycles. The van der Waals surface area contributed by atoms with Crippen molar-refractivity contribution in [3.8, 4) is 0 Å². The Balaban J connectivity index is 0.000000201. The van der Waals surface area contributed by atoms with Crippen molar-refractivity contribution in [1.29, 1.82) is 0 Å². The number of benzene rings is 4. The summed E-state index contributed by atoms with van der Waals surface area (Å²) in [6, 6.07) is 32.3. The highest BCUT2D eigenvalue weighted by atomic mass is 32.2. The van der Waals surface area contributed by atoms with Gasteiger partial charge in [0.15, 0.2) is 0 Å². The molecule has 4 aromatic rings. The van der Waals surface area contributed by atoms with Gasteiger partial charge in [-0.25, -0.2) is 0 Å². The van der Waals surface area contributed by atoms with Crippen LogP contribution in [-0.4, -0.2) is 29.5 Å². The molecule has 2 heterocycles. The fourth-order valence-corrected chi connectivity index (χ4v) is 11.3. The number of aryl methyl sites for hydroxylation is 4. The molecule has 4 unspecified atom stereocenters. The van der Waals surface area contributed by atoms with E-state index in [1.165, 1.54) is 86.4 Å². The summed E-state index contributed by atoms with van der Waals surface area (Å²) < 4.78 is 0. The van der Waals surface area contributed by atoms with Crippen LogP contribution in [0.5, 0.6) is 0 Å². The minimum Gasteiger partial charge on any atom is -0.396 e. The van der Waals surface area contributed by atoms with E-state index in [-0.39, 0.29) is 10.8 Å². The van der Waals surface area contributed by atoms with E-state index in [4.69, 9.17) is 5.11 Å². The lowest BCUT2D eigenvalue weighted by Gasteiger charge is -2.43. The molecule has 1 N–H and O–H groups in total. The summed E-state index contributed by atoms with van der Waals surface area (Å²) in [5.41, 5.74) is 11.7. The first-order chi connectivity index (χ1) is 25.1. The third kappa shape index (κ3) is 9.84. The van der Waals surface area contributed by atoms with Crippen LogP contribution in [0.3, 0.4) is 0 Å². The summed E-state index contributed by atoms with van der Waals surface area (Å²) in [6.07, 6.45) is 12.1. The maximum atomic E-state index is 10.6. The van der Waals surface area contributed by atoms with Crippen LogP contribution in [0.25, 0.3) is 0 Å². The average Bonchev–Trinajstić information content (AvgIpc) is 3.14. The van der Waals surface area contributed by atoms with Gasteiger partial charge in [-0.05, 0) is 99.6 Å². The van der Waals surface area contributed by atoms with Gasteiger partial charge in [-0.2, -0.15) is 0 Å². The predicted octanol–water partition coefficient (Wildman–Crippen LogP) is 13.0. The first-order valence-corrected chi connectivity index (χ1v) is 21.7. The molecule has 0 bridgehead atoms. The highest BCUT2D eigenvalue weighted by Crippen LogP contribution is 2.53. The summed E-state index contributed by atoms with van der Waals surface area (Å²) in [7, 11) is 0. The minimum atomic E-state index is 0.158. The smallest absolute Gasteiger partial charge is 0.119 e. The van der Waals surface area contributed by atoms with Gasteiger partial charge < -0.3 is 9.90 Å². The Hall–Kier alpha value is -2.79. The molecule has 4 atom stereocenters. The molecule has 2 aliphatic heterocycles. The number of rotatable bonds is 14. The number of fused-ring (bicyclic) bond motifs is 2. The molecule has 0 radical (unpaired) electrons. The maximum Gasteiger partial charge on any atom is 0.119 e. The van der Waals surface area contributed by atoms with Gasteiger partial charge in [0.05, 0.1) is 0 Å². The number of aldehydes is 1. The van der Waals surface area contributed by atoms with Crippen LogP contribution in [-0.2, 0) is 15.6 Å². The zero-order valence-electron chi connectivity index (χ0n) is 32.7. The standard InChI is InChI=1S/C24H32OS.C24H30OS/c2*1-18-9-12-20(13-10-18)24(3)17-26-23-16-19(2)11-14-21(23)22(24)8-6-4-5-7-15-25/h9-14,16,22,25H,4-8,15,17H2,1-3H3;9-16,22H,4-8,17H2,1-3H3. The zero-order valence-corrected chi connectivity index (χ0v) is 34.3. The van der Waals surface area contributed by atoms with Crippen molar-refractivity contribution in [3.63, 3.8) is 0 Å². The van der Waals surface area contributed by atoms with Gasteiger partial charge in [-0.15, -0.1) is 23.5 Å². The van der Waals surface area contributed by atoms with E-state index < -0.39 is 0 Å². The lowest BCUT2D eigenvalue weighted by molar-refractivity contribution is -0.107. The SMILES string of the molecule is Cc1ccc(C2(C)CSc3cc(C)ccc3C2CCCCCC=O)cc1.Cc1ccc(C2(C)CSc3cc(C)ccc3C2CCCCCCO)cc1. The van der Waals surface area contributed by atoms with E-state index in [1.54, 1.807) is 0 Å². The maximum absolute atomic E-state index is 10.6. The minimum absolute atomic E-state index is 0.158. The topological polar surface area (TPSA) is 37.3 Å². The molecular weight excluding hydrogens is 673 g/mol. The molecule has 0 aromatic heterocycles. The second-order valence-electron chi connectivity index (χ2n) is 16.1. The van der Waals surface area contributed by atoms with Crippen molar-refractivity contribution in [2.45, 2.75) is 138 Å². The van der Waals surface area contributed by atoms with Crippen molar-refractivity contribution in [3.05, 3.63) is 129 Å². The summed E-state index contributed by atoms with van der Waals surface area (Å²) in [5, 5.41) is 9.02. The molecule has 4 aromatic carbocycles. The lowest BCUT2D eigenvalue weighted by atomic mass is 9.67. The molecule has 52 heavy (non-hydrogen) atoms. The van der Waals surface area contributed by atoms with Gasteiger partial charge in [0.2, 0.25) is 0 Å². The van der Waals surface area contributed by atoms with E-state index in [9.17, 15) is 4.79 Å². The molecule has 0 fully saturated rings. The first-order valence-electron chi connectivity index (χ1n) is 19.7. The summed E-state index contributed by atoms with van der Waals surface area (Å²) >= 11 is 4.04. The number of thioether (sulfide) groups is 2. The monoisotopic (exact) mass is 734 g/mol. The van der Waals surface area contributed by atoms with Crippen molar-refractivity contribution < 1.29 is 9.90 Å². The van der Waals surface area contributed by atoms with Gasteiger partial charge in [-0.1, -0.05) is 141 Å². The van der Waals surface area contributed by atoms with Crippen LogP contribution in [0, 0.1) is 27.7 Å². The summed E-state index contributed by atoms with van der Waals surface area (Å²) in [4.78, 5) is 13.5. The quantitative estimate of drug-likeness (QED) is 0.103. The Bertz CT molecular complexity index is 1730. The van der Waals surface area contributed by atoms with Crippen LogP contribution >= 0.6 is 23.5 Å². The number of hydrogen-bond donors (Lipinski definition) is 1. The van der Waals surface area contributed by atoms with Gasteiger partial charge in [0.1, 0.15) is 6.29 Å². The van der Waals surface area contributed by atoms with Crippen LogP contribution in [0.4, 0.5) is 0 Å². The van der Waals surface area contributed by atoms with Gasteiger partial charge in [0, 0.05) is 45.2 Å². The second-order valence-corrected chi connectivity index (χ2v) is 18.1. The van der Waals surface area contributed by atoms with E-state index in [2.05, 4.69) is 126 Å². The fraction of sp³-hybridized carbons (Fsp3) is 0.479. The Kier molecular flexibility index (Phi) is 14.8. The van der Waals surface area contributed by atoms with Crippen LogP contribution in [0.2, 0.25) is 0 Å². The van der Waals surface area contributed by atoms with E-state index >= 15 is 0 Å². The first kappa shape index (κ1) is 40.4. The van der Waals surface area contributed by atoms with E-state index in [1.807, 2.05) is 23.5 Å². The highest BCUT2D eigenvalue weighted by Gasteiger charge is 2.42. The second kappa shape index (κ2) is 19.0. The number of unbranched alkanes of at least 4 members (excludes halogenated alkanes) is 6.